The zero-order chi connectivity index (χ0) is 9.68. The molecule has 0 aliphatic carbocycles. The van der Waals surface area contributed by atoms with Gasteiger partial charge in [-0.15, -0.1) is 17.0 Å². The van der Waals surface area contributed by atoms with Crippen LogP contribution in [0.1, 0.15) is 12.5 Å². The Morgan fingerprint density at radius 3 is 2.64 bits per heavy atom. The predicted molar refractivity (Wildman–Crippen MR) is 58.5 cm³/mol. The minimum Gasteiger partial charge on any atom is -0.480 e. The molecule has 5 heteroatoms. The number of carboxylic acids is 1. The van der Waals surface area contributed by atoms with E-state index in [2.05, 4.69) is 10.3 Å². The third kappa shape index (κ3) is 4.34. The Kier molecular flexibility index (Phi) is 6.07. The number of aromatic nitrogens is 1. The van der Waals surface area contributed by atoms with Crippen molar-refractivity contribution in [2.75, 3.05) is 0 Å². The molecule has 1 atom stereocenters. The maximum Gasteiger partial charge on any atom is 0.320 e. The van der Waals surface area contributed by atoms with Crippen LogP contribution in [0.3, 0.4) is 0 Å². The van der Waals surface area contributed by atoms with Crippen molar-refractivity contribution in [2.24, 2.45) is 0 Å². The number of hydrogen-bond acceptors (Lipinski definition) is 3. The minimum absolute atomic E-state index is 0. The summed E-state index contributed by atoms with van der Waals surface area (Å²) < 4.78 is 0. The molecule has 0 aliphatic heterocycles. The van der Waals surface area contributed by atoms with E-state index in [9.17, 15) is 4.79 Å². The monoisotopic (exact) mass is 260 g/mol. The Labute approximate surface area is 93.1 Å². The van der Waals surface area contributed by atoms with Crippen LogP contribution in [0.4, 0.5) is 0 Å². The summed E-state index contributed by atoms with van der Waals surface area (Å²) in [4.78, 5) is 14.3. The summed E-state index contributed by atoms with van der Waals surface area (Å²) >= 11 is 0. The molecule has 4 nitrogen and oxygen atoms in total. The van der Waals surface area contributed by atoms with Crippen LogP contribution in [-0.4, -0.2) is 22.1 Å². The van der Waals surface area contributed by atoms with Crippen LogP contribution in [-0.2, 0) is 11.3 Å². The zero-order valence-electron chi connectivity index (χ0n) is 7.80. The second-order valence-corrected chi connectivity index (χ2v) is 2.80. The highest BCUT2D eigenvalue weighted by Gasteiger charge is 2.08. The fourth-order valence-corrected chi connectivity index (χ4v) is 0.859. The summed E-state index contributed by atoms with van der Waals surface area (Å²) in [5.74, 6) is -0.839. The average molecular weight is 261 g/mol. The van der Waals surface area contributed by atoms with E-state index in [4.69, 9.17) is 5.11 Å². The fraction of sp³-hybridized carbons (Fsp3) is 0.333. The number of carbonyl (C=O) groups is 1. The van der Waals surface area contributed by atoms with Gasteiger partial charge in [0.1, 0.15) is 6.04 Å². The average Bonchev–Trinajstić information content (AvgIpc) is 2.15. The van der Waals surface area contributed by atoms with Gasteiger partial charge in [-0.1, -0.05) is 0 Å². The molecule has 14 heavy (non-hydrogen) atoms. The molecular weight excluding hydrogens is 248 g/mol. The van der Waals surface area contributed by atoms with Gasteiger partial charge in [-0.05, 0) is 24.6 Å². The summed E-state index contributed by atoms with van der Waals surface area (Å²) in [6.45, 7) is 2.17. The quantitative estimate of drug-likeness (QED) is 0.855. The van der Waals surface area contributed by atoms with E-state index in [1.54, 1.807) is 19.3 Å². The number of nitrogens with zero attached hydrogens (tertiary/aromatic N) is 1. The number of rotatable bonds is 4. The van der Waals surface area contributed by atoms with Gasteiger partial charge in [-0.2, -0.15) is 0 Å². The molecule has 1 aromatic rings. The molecule has 0 bridgehead atoms. The van der Waals surface area contributed by atoms with Crippen LogP contribution < -0.4 is 5.32 Å². The molecule has 1 rings (SSSR count). The molecule has 0 spiro atoms. The van der Waals surface area contributed by atoms with E-state index in [0.717, 1.165) is 5.56 Å². The number of pyridine rings is 1. The second-order valence-electron chi connectivity index (χ2n) is 2.80. The number of nitrogens with one attached hydrogen (secondary N) is 1. The van der Waals surface area contributed by atoms with Crippen molar-refractivity contribution in [3.05, 3.63) is 30.1 Å². The van der Waals surface area contributed by atoms with Crippen LogP contribution in [0.5, 0.6) is 0 Å². The lowest BCUT2D eigenvalue weighted by atomic mass is 10.2. The molecule has 0 fully saturated rings. The van der Waals surface area contributed by atoms with Crippen molar-refractivity contribution >= 4 is 23.0 Å². The van der Waals surface area contributed by atoms with Crippen molar-refractivity contribution in [2.45, 2.75) is 19.5 Å². The minimum atomic E-state index is -0.839. The fourth-order valence-electron chi connectivity index (χ4n) is 0.859. The van der Waals surface area contributed by atoms with Crippen LogP contribution >= 0.6 is 17.0 Å². The summed E-state index contributed by atoms with van der Waals surface area (Å²) in [5, 5.41) is 11.5. The number of halogens is 1. The van der Waals surface area contributed by atoms with Crippen LogP contribution in [0, 0.1) is 0 Å². The molecule has 1 aromatic heterocycles. The van der Waals surface area contributed by atoms with Crippen LogP contribution in [0.25, 0.3) is 0 Å². The lowest BCUT2D eigenvalue weighted by Crippen LogP contribution is -2.33. The van der Waals surface area contributed by atoms with E-state index in [0.29, 0.717) is 6.54 Å². The zero-order valence-corrected chi connectivity index (χ0v) is 9.52. The molecule has 78 valence electrons. The Balaban J connectivity index is 0.00000169. The first-order valence-electron chi connectivity index (χ1n) is 4.05. The number of carboxylic acid groups (broad SMARTS) is 1. The third-order valence-corrected chi connectivity index (χ3v) is 1.73. The molecule has 0 saturated heterocycles. The highest BCUT2D eigenvalue weighted by Crippen LogP contribution is 1.95. The van der Waals surface area contributed by atoms with Crippen molar-refractivity contribution in [1.29, 1.82) is 0 Å². The normalized spacial score (nSPS) is 11.5. The SMILES string of the molecule is Br.C[C@H](NCc1ccncc1)C(=O)O. The molecule has 0 radical (unpaired) electrons. The maximum absolute atomic E-state index is 10.4. The Hall–Kier alpha value is -0.940. The van der Waals surface area contributed by atoms with Gasteiger partial charge in [0.2, 0.25) is 0 Å². The van der Waals surface area contributed by atoms with Gasteiger partial charge in [0.25, 0.3) is 0 Å². The summed E-state index contributed by atoms with van der Waals surface area (Å²) in [6.07, 6.45) is 3.37. The van der Waals surface area contributed by atoms with Crippen molar-refractivity contribution in [3.63, 3.8) is 0 Å². The highest BCUT2D eigenvalue weighted by atomic mass is 79.9. The van der Waals surface area contributed by atoms with Crippen molar-refractivity contribution in [3.8, 4) is 0 Å². The van der Waals surface area contributed by atoms with Gasteiger partial charge in [-0.3, -0.25) is 9.78 Å². The van der Waals surface area contributed by atoms with Gasteiger partial charge >= 0.3 is 5.97 Å². The Morgan fingerprint density at radius 1 is 1.57 bits per heavy atom. The number of hydrogen-bond donors (Lipinski definition) is 2. The highest BCUT2D eigenvalue weighted by molar-refractivity contribution is 8.93. The van der Waals surface area contributed by atoms with E-state index in [-0.39, 0.29) is 17.0 Å². The lowest BCUT2D eigenvalue weighted by molar-refractivity contribution is -0.139. The van der Waals surface area contributed by atoms with Gasteiger partial charge < -0.3 is 10.4 Å². The molecule has 0 amide bonds. The van der Waals surface area contributed by atoms with Gasteiger partial charge in [-0.25, -0.2) is 0 Å². The third-order valence-electron chi connectivity index (χ3n) is 1.73. The maximum atomic E-state index is 10.4. The molecule has 0 saturated carbocycles. The van der Waals surface area contributed by atoms with Crippen molar-refractivity contribution in [1.82, 2.24) is 10.3 Å². The van der Waals surface area contributed by atoms with E-state index in [1.807, 2.05) is 12.1 Å². The van der Waals surface area contributed by atoms with Crippen molar-refractivity contribution < 1.29 is 9.90 Å². The molecular formula is C9H13BrN2O2. The van der Waals surface area contributed by atoms with E-state index < -0.39 is 12.0 Å². The van der Waals surface area contributed by atoms with Crippen LogP contribution in [0.15, 0.2) is 24.5 Å². The van der Waals surface area contributed by atoms with Gasteiger partial charge in [0.05, 0.1) is 0 Å². The largest absolute Gasteiger partial charge is 0.480 e. The van der Waals surface area contributed by atoms with Gasteiger partial charge in [0, 0.05) is 18.9 Å². The molecule has 2 N–H and O–H groups in total. The first-order chi connectivity index (χ1) is 6.20. The lowest BCUT2D eigenvalue weighted by Gasteiger charge is -2.08. The molecule has 0 unspecified atom stereocenters. The molecule has 0 aliphatic rings. The topological polar surface area (TPSA) is 62.2 Å². The summed E-state index contributed by atoms with van der Waals surface area (Å²) in [6, 6.07) is 3.18. The Morgan fingerprint density at radius 2 is 2.14 bits per heavy atom. The first-order valence-corrected chi connectivity index (χ1v) is 4.05. The number of aliphatic carboxylic acids is 1. The molecule has 0 aromatic carbocycles. The smallest absolute Gasteiger partial charge is 0.320 e. The van der Waals surface area contributed by atoms with Gasteiger partial charge in [0.15, 0.2) is 0 Å². The van der Waals surface area contributed by atoms with Crippen LogP contribution in [0.2, 0.25) is 0 Å². The Bertz CT molecular complexity index is 279. The summed E-state index contributed by atoms with van der Waals surface area (Å²) in [5.41, 5.74) is 1.03. The second kappa shape index (κ2) is 6.50. The standard InChI is InChI=1S/C9H12N2O2.BrH/c1-7(9(12)13)11-6-8-2-4-10-5-3-8;/h2-5,7,11H,6H2,1H3,(H,12,13);1H/t7-;/m0./s1. The predicted octanol–water partition coefficient (Wildman–Crippen LogP) is 1.22. The molecule has 1 heterocycles. The van der Waals surface area contributed by atoms with E-state index in [1.165, 1.54) is 0 Å². The van der Waals surface area contributed by atoms with E-state index >= 15 is 0 Å². The summed E-state index contributed by atoms with van der Waals surface area (Å²) in [7, 11) is 0. The first kappa shape index (κ1) is 13.1.